The van der Waals surface area contributed by atoms with Crippen LogP contribution in [-0.2, 0) is 19.1 Å². The smallest absolute Gasteiger partial charge is 0.337 e. The summed E-state index contributed by atoms with van der Waals surface area (Å²) in [5.74, 6) is -1.00. The highest BCUT2D eigenvalue weighted by Gasteiger charge is 2.37. The Morgan fingerprint density at radius 1 is 1.41 bits per heavy atom. The molecule has 0 heterocycles. The minimum atomic E-state index is -1.47. The summed E-state index contributed by atoms with van der Waals surface area (Å²) >= 11 is 0. The molecule has 0 spiro atoms. The van der Waals surface area contributed by atoms with Crippen molar-refractivity contribution in [2.75, 3.05) is 7.11 Å². The number of ether oxygens (including phenoxy) is 2. The Labute approximate surface area is 100 Å². The van der Waals surface area contributed by atoms with E-state index in [4.69, 9.17) is 4.74 Å². The van der Waals surface area contributed by atoms with Crippen LogP contribution in [0.5, 0.6) is 0 Å². The number of allylic oxidation sites excluding steroid dienone is 1. The van der Waals surface area contributed by atoms with Gasteiger partial charge in [0.05, 0.1) is 7.11 Å². The van der Waals surface area contributed by atoms with Crippen LogP contribution in [0, 0.1) is 0 Å². The molecule has 1 N–H and O–H groups in total. The van der Waals surface area contributed by atoms with Crippen molar-refractivity contribution in [1.29, 1.82) is 0 Å². The van der Waals surface area contributed by atoms with Crippen LogP contribution in [0.25, 0.3) is 0 Å². The standard InChI is InChI=1S/C12H18O5/c1-9(13)17-10-5-3-4-7-12(15,8-6-10)11(14)16-2/h3,5,10,15H,4,6-8H2,1-2H3/b5-3+/t10-,12-/m1/s1. The molecular formula is C12H18O5. The molecule has 0 fully saturated rings. The van der Waals surface area contributed by atoms with Crippen molar-refractivity contribution in [3.8, 4) is 0 Å². The van der Waals surface area contributed by atoms with E-state index < -0.39 is 11.6 Å². The largest absolute Gasteiger partial charge is 0.467 e. The highest BCUT2D eigenvalue weighted by atomic mass is 16.5. The van der Waals surface area contributed by atoms with E-state index in [1.807, 2.05) is 0 Å². The quantitative estimate of drug-likeness (QED) is 0.576. The Hall–Kier alpha value is -1.36. The van der Waals surface area contributed by atoms with Gasteiger partial charge in [0, 0.05) is 6.92 Å². The zero-order valence-corrected chi connectivity index (χ0v) is 10.1. The minimum Gasteiger partial charge on any atom is -0.467 e. The van der Waals surface area contributed by atoms with Gasteiger partial charge in [0.25, 0.3) is 0 Å². The first kappa shape index (κ1) is 13.7. The molecule has 0 radical (unpaired) electrons. The van der Waals surface area contributed by atoms with E-state index in [0.29, 0.717) is 19.3 Å². The van der Waals surface area contributed by atoms with Gasteiger partial charge in [-0.05, 0) is 31.8 Å². The zero-order valence-electron chi connectivity index (χ0n) is 10.1. The average Bonchev–Trinajstić information content (AvgIpc) is 2.27. The Morgan fingerprint density at radius 3 is 2.71 bits per heavy atom. The first-order valence-electron chi connectivity index (χ1n) is 5.62. The van der Waals surface area contributed by atoms with Crippen molar-refractivity contribution in [3.05, 3.63) is 12.2 Å². The molecule has 0 unspecified atom stereocenters. The SMILES string of the molecule is COC(=O)[C@@]1(O)CC/C=C/[C@@H](OC(C)=O)CC1. The maximum absolute atomic E-state index is 11.5. The number of aliphatic hydroxyl groups is 1. The van der Waals surface area contributed by atoms with E-state index in [2.05, 4.69) is 4.74 Å². The average molecular weight is 242 g/mol. The van der Waals surface area contributed by atoms with Gasteiger partial charge in [-0.3, -0.25) is 4.79 Å². The molecule has 1 aliphatic carbocycles. The number of esters is 2. The molecule has 96 valence electrons. The summed E-state index contributed by atoms with van der Waals surface area (Å²) in [7, 11) is 1.25. The van der Waals surface area contributed by atoms with Crippen molar-refractivity contribution >= 4 is 11.9 Å². The molecule has 0 aromatic rings. The van der Waals surface area contributed by atoms with E-state index in [-0.39, 0.29) is 18.5 Å². The molecule has 17 heavy (non-hydrogen) atoms. The predicted octanol–water partition coefficient (Wildman–Crippen LogP) is 0.952. The third-order valence-corrected chi connectivity index (χ3v) is 2.80. The highest BCUT2D eigenvalue weighted by molar-refractivity contribution is 5.79. The molecule has 5 nitrogen and oxygen atoms in total. The Bertz CT molecular complexity index is 323. The number of carbonyl (C=O) groups excluding carboxylic acids is 2. The zero-order chi connectivity index (χ0) is 12.9. The van der Waals surface area contributed by atoms with Crippen LogP contribution < -0.4 is 0 Å². The number of carbonyl (C=O) groups is 2. The summed E-state index contributed by atoms with van der Waals surface area (Å²) in [6.45, 7) is 1.33. The van der Waals surface area contributed by atoms with Gasteiger partial charge in [-0.25, -0.2) is 4.79 Å². The summed E-state index contributed by atoms with van der Waals surface area (Å²) in [4.78, 5) is 22.3. The first-order valence-corrected chi connectivity index (χ1v) is 5.62. The second kappa shape index (κ2) is 5.82. The van der Waals surface area contributed by atoms with E-state index in [1.165, 1.54) is 14.0 Å². The predicted molar refractivity (Wildman–Crippen MR) is 60.1 cm³/mol. The lowest BCUT2D eigenvalue weighted by Crippen LogP contribution is -2.41. The molecule has 0 amide bonds. The molecule has 1 aliphatic rings. The molecule has 0 saturated carbocycles. The lowest BCUT2D eigenvalue weighted by molar-refractivity contribution is -0.164. The molecule has 5 heteroatoms. The van der Waals surface area contributed by atoms with Crippen molar-refractivity contribution in [2.45, 2.75) is 44.3 Å². The van der Waals surface area contributed by atoms with Crippen LogP contribution in [0.3, 0.4) is 0 Å². The van der Waals surface area contributed by atoms with Gasteiger partial charge in [-0.1, -0.05) is 6.08 Å². The van der Waals surface area contributed by atoms with Crippen molar-refractivity contribution in [2.24, 2.45) is 0 Å². The van der Waals surface area contributed by atoms with Crippen molar-refractivity contribution in [3.63, 3.8) is 0 Å². The Balaban J connectivity index is 2.69. The summed E-state index contributed by atoms with van der Waals surface area (Å²) in [5.41, 5.74) is -1.47. The maximum Gasteiger partial charge on any atom is 0.337 e. The van der Waals surface area contributed by atoms with Gasteiger partial charge in [0.15, 0.2) is 5.60 Å². The fraction of sp³-hybridized carbons (Fsp3) is 0.667. The van der Waals surface area contributed by atoms with Gasteiger partial charge in [-0.15, -0.1) is 0 Å². The third kappa shape index (κ3) is 3.85. The van der Waals surface area contributed by atoms with Gasteiger partial charge in [-0.2, -0.15) is 0 Å². The van der Waals surface area contributed by atoms with E-state index >= 15 is 0 Å². The molecule has 0 aromatic heterocycles. The summed E-state index contributed by atoms with van der Waals surface area (Å²) in [6, 6.07) is 0. The van der Waals surface area contributed by atoms with Crippen LogP contribution in [0.4, 0.5) is 0 Å². The van der Waals surface area contributed by atoms with Gasteiger partial charge < -0.3 is 14.6 Å². The Kier molecular flexibility index (Phi) is 4.69. The van der Waals surface area contributed by atoms with E-state index in [9.17, 15) is 14.7 Å². The normalized spacial score (nSPS) is 30.9. The van der Waals surface area contributed by atoms with E-state index in [1.54, 1.807) is 12.2 Å². The molecule has 0 bridgehead atoms. The fourth-order valence-corrected chi connectivity index (χ4v) is 1.88. The Morgan fingerprint density at radius 2 is 2.12 bits per heavy atom. The third-order valence-electron chi connectivity index (χ3n) is 2.80. The van der Waals surface area contributed by atoms with Crippen LogP contribution >= 0.6 is 0 Å². The summed E-state index contributed by atoms with van der Waals surface area (Å²) in [5, 5.41) is 10.1. The molecule has 2 atom stereocenters. The van der Waals surface area contributed by atoms with Crippen LogP contribution in [0.15, 0.2) is 12.2 Å². The number of rotatable bonds is 2. The molecule has 0 saturated heterocycles. The topological polar surface area (TPSA) is 72.8 Å². The van der Waals surface area contributed by atoms with Crippen LogP contribution in [0.1, 0.15) is 32.6 Å². The molecule has 0 aromatic carbocycles. The lowest BCUT2D eigenvalue weighted by Gasteiger charge is -2.27. The van der Waals surface area contributed by atoms with Gasteiger partial charge in [0.2, 0.25) is 0 Å². The first-order chi connectivity index (χ1) is 7.98. The number of methoxy groups -OCH3 is 1. The minimum absolute atomic E-state index is 0.224. The second-order valence-electron chi connectivity index (χ2n) is 4.18. The van der Waals surface area contributed by atoms with Crippen LogP contribution in [0.2, 0.25) is 0 Å². The molecular weight excluding hydrogens is 224 g/mol. The van der Waals surface area contributed by atoms with Gasteiger partial charge in [0.1, 0.15) is 6.10 Å². The molecule has 1 rings (SSSR count). The summed E-state index contributed by atoms with van der Waals surface area (Å²) in [6.07, 6.45) is 4.71. The number of hydrogen-bond donors (Lipinski definition) is 1. The van der Waals surface area contributed by atoms with Crippen molar-refractivity contribution in [1.82, 2.24) is 0 Å². The van der Waals surface area contributed by atoms with Gasteiger partial charge >= 0.3 is 11.9 Å². The van der Waals surface area contributed by atoms with Crippen molar-refractivity contribution < 1.29 is 24.2 Å². The van der Waals surface area contributed by atoms with E-state index in [0.717, 1.165) is 0 Å². The monoisotopic (exact) mass is 242 g/mol. The highest BCUT2D eigenvalue weighted by Crippen LogP contribution is 2.25. The summed E-state index contributed by atoms with van der Waals surface area (Å²) < 4.78 is 9.63. The number of hydrogen-bond acceptors (Lipinski definition) is 5. The lowest BCUT2D eigenvalue weighted by atomic mass is 9.88. The molecule has 0 aliphatic heterocycles. The second-order valence-corrected chi connectivity index (χ2v) is 4.18. The fourth-order valence-electron chi connectivity index (χ4n) is 1.88. The maximum atomic E-state index is 11.5. The van der Waals surface area contributed by atoms with Crippen LogP contribution in [-0.4, -0.2) is 35.9 Å².